The maximum Gasteiger partial charge on any atom is 0.329 e. The molecule has 0 unspecified atom stereocenters. The van der Waals surface area contributed by atoms with Crippen LogP contribution in [0.3, 0.4) is 0 Å². The van der Waals surface area contributed by atoms with Crippen molar-refractivity contribution in [2.45, 2.75) is 13.8 Å². The van der Waals surface area contributed by atoms with Gasteiger partial charge in [-0.1, -0.05) is 11.6 Å². The molecule has 0 saturated carbocycles. The Morgan fingerprint density at radius 3 is 2.43 bits per heavy atom. The summed E-state index contributed by atoms with van der Waals surface area (Å²) in [7, 11) is 0. The zero-order chi connectivity index (χ0) is 15.8. The minimum absolute atomic E-state index is 0.126. The molecule has 0 atom stereocenters. The first kappa shape index (κ1) is 17.3. The van der Waals surface area contributed by atoms with Gasteiger partial charge in [0.05, 0.1) is 6.61 Å². The molecule has 1 amide bonds. The van der Waals surface area contributed by atoms with Crippen LogP contribution in [0.4, 0.5) is 0 Å². The average Bonchev–Trinajstić information content (AvgIpc) is 2.41. The molecule has 0 aromatic heterocycles. The number of benzene rings is 1. The molecule has 0 heterocycles. The van der Waals surface area contributed by atoms with Crippen molar-refractivity contribution in [2.75, 3.05) is 26.4 Å². The van der Waals surface area contributed by atoms with Gasteiger partial charge in [0.25, 0.3) is 5.91 Å². The Bertz CT molecular complexity index is 495. The molecule has 0 aliphatic carbocycles. The van der Waals surface area contributed by atoms with Gasteiger partial charge in [-0.3, -0.25) is 4.79 Å². The van der Waals surface area contributed by atoms with Crippen LogP contribution < -0.4 is 10.1 Å². The summed E-state index contributed by atoms with van der Waals surface area (Å²) in [4.78, 5) is 21.7. The predicted octanol–water partition coefficient (Wildman–Crippen LogP) is 1.55. The summed E-state index contributed by atoms with van der Waals surface area (Å²) >= 11 is 6.04. The number of halogens is 1. The molecule has 1 aromatic rings. The van der Waals surface area contributed by atoms with E-state index in [9.17, 15) is 9.59 Å². The summed E-state index contributed by atoms with van der Waals surface area (Å²) in [6, 6.07) is 3.52. The number of rotatable bonds is 8. The van der Waals surface area contributed by atoms with Crippen LogP contribution in [0.25, 0.3) is 0 Å². The Kier molecular flexibility index (Phi) is 6.98. The van der Waals surface area contributed by atoms with E-state index in [0.29, 0.717) is 10.8 Å². The van der Waals surface area contributed by atoms with Gasteiger partial charge in [0, 0.05) is 11.6 Å². The zero-order valence-electron chi connectivity index (χ0n) is 11.9. The molecule has 0 radical (unpaired) electrons. The van der Waals surface area contributed by atoms with Crippen LogP contribution >= 0.6 is 11.6 Å². The zero-order valence-corrected chi connectivity index (χ0v) is 12.7. The van der Waals surface area contributed by atoms with Gasteiger partial charge >= 0.3 is 5.97 Å². The minimum atomic E-state index is -1.04. The van der Waals surface area contributed by atoms with Gasteiger partial charge in [0.1, 0.15) is 12.4 Å². The Morgan fingerprint density at radius 2 is 1.86 bits per heavy atom. The molecule has 1 aromatic carbocycles. The molecular formula is C14H18ClNO5. The van der Waals surface area contributed by atoms with Crippen LogP contribution in [-0.2, 0) is 14.3 Å². The number of carboxylic acid groups (broad SMARTS) is 1. The molecule has 0 bridgehead atoms. The first-order valence-electron chi connectivity index (χ1n) is 6.36. The van der Waals surface area contributed by atoms with Gasteiger partial charge in [-0.15, -0.1) is 0 Å². The first-order chi connectivity index (χ1) is 9.90. The number of aliphatic carboxylic acids is 1. The molecule has 0 spiro atoms. The van der Waals surface area contributed by atoms with Crippen molar-refractivity contribution in [1.29, 1.82) is 0 Å². The maximum atomic E-state index is 11.5. The second-order valence-corrected chi connectivity index (χ2v) is 4.83. The molecule has 0 aliphatic rings. The van der Waals surface area contributed by atoms with Gasteiger partial charge in [-0.2, -0.15) is 0 Å². The van der Waals surface area contributed by atoms with Gasteiger partial charge in [0.2, 0.25) is 0 Å². The monoisotopic (exact) mass is 315 g/mol. The number of carbonyl (C=O) groups is 2. The fourth-order valence-electron chi connectivity index (χ4n) is 1.61. The third-order valence-electron chi connectivity index (χ3n) is 2.57. The van der Waals surface area contributed by atoms with Gasteiger partial charge in [-0.05, 0) is 37.1 Å². The third-order valence-corrected chi connectivity index (χ3v) is 3.17. The highest BCUT2D eigenvalue weighted by Gasteiger charge is 2.06. The van der Waals surface area contributed by atoms with Crippen molar-refractivity contribution in [1.82, 2.24) is 5.32 Å². The summed E-state index contributed by atoms with van der Waals surface area (Å²) in [6.45, 7) is 3.59. The van der Waals surface area contributed by atoms with E-state index in [1.807, 2.05) is 13.8 Å². The third kappa shape index (κ3) is 6.46. The second-order valence-electron chi connectivity index (χ2n) is 4.46. The summed E-state index contributed by atoms with van der Waals surface area (Å²) < 4.78 is 10.2. The van der Waals surface area contributed by atoms with Crippen LogP contribution in [0, 0.1) is 13.8 Å². The summed E-state index contributed by atoms with van der Waals surface area (Å²) in [5.74, 6) is -0.774. The smallest absolute Gasteiger partial charge is 0.329 e. The van der Waals surface area contributed by atoms with Crippen molar-refractivity contribution in [3.05, 3.63) is 28.3 Å². The molecule has 21 heavy (non-hydrogen) atoms. The number of carbonyl (C=O) groups excluding carboxylic acids is 1. The van der Waals surface area contributed by atoms with E-state index in [-0.39, 0.29) is 32.3 Å². The number of aryl methyl sites for hydroxylation is 2. The topological polar surface area (TPSA) is 84.9 Å². The summed E-state index contributed by atoms with van der Waals surface area (Å²) in [6.07, 6.45) is 0. The van der Waals surface area contributed by atoms with Crippen LogP contribution in [0.2, 0.25) is 5.02 Å². The minimum Gasteiger partial charge on any atom is -0.484 e. The molecule has 2 N–H and O–H groups in total. The molecule has 7 heteroatoms. The standard InChI is InChI=1S/C14H18ClNO5/c1-9-5-11(6-10(2)14(9)15)21-7-12(17)16-3-4-20-8-13(18)19/h5-6H,3-4,7-8H2,1-2H3,(H,16,17)(H,18,19). The normalized spacial score (nSPS) is 10.2. The quantitative estimate of drug-likeness (QED) is 0.711. The fraction of sp³-hybridized carbons (Fsp3) is 0.429. The molecule has 116 valence electrons. The SMILES string of the molecule is Cc1cc(OCC(=O)NCCOCC(=O)O)cc(C)c1Cl. The van der Waals surface area contributed by atoms with Crippen LogP contribution in [0.5, 0.6) is 5.75 Å². The lowest BCUT2D eigenvalue weighted by Crippen LogP contribution is -2.32. The fourth-order valence-corrected chi connectivity index (χ4v) is 1.72. The molecule has 0 fully saturated rings. The molecular weight excluding hydrogens is 298 g/mol. The van der Waals surface area contributed by atoms with E-state index in [0.717, 1.165) is 11.1 Å². The van der Waals surface area contributed by atoms with Gasteiger partial charge in [0.15, 0.2) is 6.61 Å². The van der Waals surface area contributed by atoms with Crippen LogP contribution in [0.15, 0.2) is 12.1 Å². The number of carboxylic acids is 1. The Labute approximate surface area is 128 Å². The highest BCUT2D eigenvalue weighted by Crippen LogP contribution is 2.25. The van der Waals surface area contributed by atoms with Crippen molar-refractivity contribution >= 4 is 23.5 Å². The highest BCUT2D eigenvalue weighted by atomic mass is 35.5. The van der Waals surface area contributed by atoms with E-state index >= 15 is 0 Å². The van der Waals surface area contributed by atoms with E-state index in [1.165, 1.54) is 0 Å². The Hall–Kier alpha value is -1.79. The average molecular weight is 316 g/mol. The molecule has 0 saturated heterocycles. The van der Waals surface area contributed by atoms with E-state index in [4.69, 9.17) is 26.2 Å². The van der Waals surface area contributed by atoms with Crippen LogP contribution in [-0.4, -0.2) is 43.3 Å². The number of hydrogen-bond acceptors (Lipinski definition) is 4. The Morgan fingerprint density at radius 1 is 1.24 bits per heavy atom. The number of amides is 1. The second kappa shape index (κ2) is 8.49. The van der Waals surface area contributed by atoms with Crippen molar-refractivity contribution in [2.24, 2.45) is 0 Å². The largest absolute Gasteiger partial charge is 0.484 e. The van der Waals surface area contributed by atoms with E-state index in [2.05, 4.69) is 5.32 Å². The first-order valence-corrected chi connectivity index (χ1v) is 6.73. The molecule has 1 rings (SSSR count). The Balaban J connectivity index is 2.28. The van der Waals surface area contributed by atoms with Crippen molar-refractivity contribution < 1.29 is 24.2 Å². The predicted molar refractivity (Wildman–Crippen MR) is 77.9 cm³/mol. The van der Waals surface area contributed by atoms with E-state index in [1.54, 1.807) is 12.1 Å². The van der Waals surface area contributed by atoms with E-state index < -0.39 is 5.97 Å². The van der Waals surface area contributed by atoms with Crippen molar-refractivity contribution in [3.63, 3.8) is 0 Å². The number of ether oxygens (including phenoxy) is 2. The summed E-state index contributed by atoms with van der Waals surface area (Å²) in [5, 5.41) is 11.6. The summed E-state index contributed by atoms with van der Waals surface area (Å²) in [5.41, 5.74) is 1.77. The molecule has 0 aliphatic heterocycles. The maximum absolute atomic E-state index is 11.5. The number of hydrogen-bond donors (Lipinski definition) is 2. The van der Waals surface area contributed by atoms with Gasteiger partial charge < -0.3 is 19.9 Å². The lowest BCUT2D eigenvalue weighted by molar-refractivity contribution is -0.142. The van der Waals surface area contributed by atoms with Gasteiger partial charge in [-0.25, -0.2) is 4.79 Å². The number of nitrogens with one attached hydrogen (secondary N) is 1. The van der Waals surface area contributed by atoms with Crippen molar-refractivity contribution in [3.8, 4) is 5.75 Å². The lowest BCUT2D eigenvalue weighted by atomic mass is 10.1. The lowest BCUT2D eigenvalue weighted by Gasteiger charge is -2.10. The van der Waals surface area contributed by atoms with Crippen LogP contribution in [0.1, 0.15) is 11.1 Å². The highest BCUT2D eigenvalue weighted by molar-refractivity contribution is 6.32. The molecule has 6 nitrogen and oxygen atoms in total.